The van der Waals surface area contributed by atoms with Gasteiger partial charge in [0, 0.05) is 56.3 Å². The molecule has 2 atom stereocenters. The summed E-state index contributed by atoms with van der Waals surface area (Å²) in [5.41, 5.74) is 5.08. The SMILES string of the molecule is CNC(=O)c1c(-c2ccc(F)cc2)oc2cc(N(C)SC)c([C@H]3CCCN([S+](O)CCc4ccccc4)C3)cc12. The first-order valence-corrected chi connectivity index (χ1v) is 15.9. The minimum Gasteiger partial charge on any atom is -0.455 e. The second kappa shape index (κ2) is 12.7. The number of anilines is 1. The second-order valence-electron chi connectivity index (χ2n) is 9.99. The number of carbonyl (C=O) groups is 1. The molecule has 0 radical (unpaired) electrons. The molecule has 1 amide bonds. The fourth-order valence-electron chi connectivity index (χ4n) is 5.37. The van der Waals surface area contributed by atoms with E-state index in [1.54, 1.807) is 31.1 Å². The number of carbonyl (C=O) groups excluding carboxylic acids is 1. The van der Waals surface area contributed by atoms with E-state index in [2.05, 4.69) is 32.1 Å². The van der Waals surface area contributed by atoms with Gasteiger partial charge in [0.25, 0.3) is 5.91 Å². The molecule has 9 heteroatoms. The van der Waals surface area contributed by atoms with Crippen LogP contribution in [0.15, 0.2) is 71.1 Å². The highest BCUT2D eigenvalue weighted by Crippen LogP contribution is 2.42. The van der Waals surface area contributed by atoms with Gasteiger partial charge in [-0.3, -0.25) is 4.79 Å². The van der Waals surface area contributed by atoms with Crippen molar-refractivity contribution in [3.63, 3.8) is 0 Å². The number of hydrogen-bond donors (Lipinski definition) is 2. The summed E-state index contributed by atoms with van der Waals surface area (Å²) >= 11 is 0.774. The number of aryl methyl sites for hydroxylation is 1. The van der Waals surface area contributed by atoms with Crippen LogP contribution >= 0.6 is 11.9 Å². The number of nitrogens with one attached hydrogen (secondary N) is 1. The number of rotatable bonds is 9. The van der Waals surface area contributed by atoms with Gasteiger partial charge in [0.1, 0.15) is 17.2 Å². The van der Waals surface area contributed by atoms with E-state index in [4.69, 9.17) is 4.42 Å². The number of benzene rings is 3. The lowest BCUT2D eigenvalue weighted by molar-refractivity contribution is 0.0964. The molecule has 40 heavy (non-hydrogen) atoms. The normalized spacial score (nSPS) is 16.7. The van der Waals surface area contributed by atoms with Crippen LogP contribution in [-0.4, -0.2) is 54.0 Å². The van der Waals surface area contributed by atoms with E-state index in [9.17, 15) is 13.7 Å². The van der Waals surface area contributed by atoms with Crippen molar-refractivity contribution in [2.45, 2.75) is 25.2 Å². The molecule has 3 aromatic carbocycles. The third-order valence-electron chi connectivity index (χ3n) is 7.55. The van der Waals surface area contributed by atoms with E-state index in [0.29, 0.717) is 28.2 Å². The zero-order valence-electron chi connectivity index (χ0n) is 23.0. The average molecular weight is 581 g/mol. The molecule has 6 nitrogen and oxygen atoms in total. The smallest absolute Gasteiger partial charge is 0.255 e. The highest BCUT2D eigenvalue weighted by Gasteiger charge is 2.35. The Kier molecular flexibility index (Phi) is 9.05. The fraction of sp³-hybridized carbons (Fsp3) is 0.323. The largest absolute Gasteiger partial charge is 0.455 e. The lowest BCUT2D eigenvalue weighted by atomic mass is 9.89. The fourth-order valence-corrected chi connectivity index (χ4v) is 7.10. The number of hydrogen-bond acceptors (Lipinski definition) is 6. The third kappa shape index (κ3) is 6.02. The molecule has 2 heterocycles. The van der Waals surface area contributed by atoms with Gasteiger partial charge in [0.2, 0.25) is 11.4 Å². The quantitative estimate of drug-likeness (QED) is 0.169. The number of furan rings is 1. The summed E-state index contributed by atoms with van der Waals surface area (Å²) in [5, 5.41) is 3.48. The Balaban J connectivity index is 1.51. The maximum Gasteiger partial charge on any atom is 0.255 e. The van der Waals surface area contributed by atoms with Gasteiger partial charge in [0.05, 0.1) is 17.8 Å². The van der Waals surface area contributed by atoms with Crippen LogP contribution in [-0.2, 0) is 17.8 Å². The van der Waals surface area contributed by atoms with Crippen molar-refractivity contribution in [3.8, 4) is 11.3 Å². The molecule has 1 aromatic heterocycles. The van der Waals surface area contributed by atoms with Gasteiger partial charge in [-0.2, -0.15) is 4.55 Å². The Labute approximate surface area is 242 Å². The van der Waals surface area contributed by atoms with Gasteiger partial charge in [-0.15, -0.1) is 0 Å². The molecule has 1 saturated heterocycles. The van der Waals surface area contributed by atoms with E-state index in [-0.39, 0.29) is 17.6 Å². The zero-order valence-corrected chi connectivity index (χ0v) is 24.7. The lowest BCUT2D eigenvalue weighted by Crippen LogP contribution is -2.40. The molecule has 2 N–H and O–H groups in total. The molecule has 210 valence electrons. The first-order valence-electron chi connectivity index (χ1n) is 13.4. The minimum absolute atomic E-state index is 0.184. The van der Waals surface area contributed by atoms with Gasteiger partial charge in [-0.25, -0.2) is 4.39 Å². The maximum absolute atomic E-state index is 13.7. The van der Waals surface area contributed by atoms with Crippen molar-refractivity contribution in [3.05, 3.63) is 89.2 Å². The van der Waals surface area contributed by atoms with E-state index < -0.39 is 11.4 Å². The molecule has 4 aromatic rings. The Morgan fingerprint density at radius 3 is 2.65 bits per heavy atom. The van der Waals surface area contributed by atoms with E-state index in [0.717, 1.165) is 49.0 Å². The molecule has 1 aliphatic rings. The average Bonchev–Trinajstić information content (AvgIpc) is 3.37. The van der Waals surface area contributed by atoms with Crippen molar-refractivity contribution < 1.29 is 18.2 Å². The van der Waals surface area contributed by atoms with Crippen LogP contribution in [0.3, 0.4) is 0 Å². The van der Waals surface area contributed by atoms with E-state index in [1.807, 2.05) is 37.6 Å². The molecule has 5 rings (SSSR count). The van der Waals surface area contributed by atoms with Crippen LogP contribution in [0.2, 0.25) is 0 Å². The number of fused-ring (bicyclic) bond motifs is 1. The van der Waals surface area contributed by atoms with Gasteiger partial charge in [-0.05, 0) is 54.3 Å². The van der Waals surface area contributed by atoms with Gasteiger partial charge in [0.15, 0.2) is 5.75 Å². The third-order valence-corrected chi connectivity index (χ3v) is 9.79. The van der Waals surface area contributed by atoms with E-state index >= 15 is 0 Å². The molecule has 0 aliphatic carbocycles. The maximum atomic E-state index is 13.7. The molecule has 1 unspecified atom stereocenters. The number of amides is 1. The summed E-state index contributed by atoms with van der Waals surface area (Å²) in [6.45, 7) is 1.61. The van der Waals surface area contributed by atoms with Crippen molar-refractivity contribution in [2.75, 3.05) is 43.5 Å². The van der Waals surface area contributed by atoms with Crippen molar-refractivity contribution in [2.24, 2.45) is 0 Å². The Morgan fingerprint density at radius 1 is 1.20 bits per heavy atom. The summed E-state index contributed by atoms with van der Waals surface area (Å²) < 4.78 is 35.4. The Hall–Kier alpha value is -2.98. The van der Waals surface area contributed by atoms with E-state index in [1.165, 1.54) is 17.7 Å². The van der Waals surface area contributed by atoms with Crippen molar-refractivity contribution in [1.82, 2.24) is 9.62 Å². The van der Waals surface area contributed by atoms with Crippen molar-refractivity contribution in [1.29, 1.82) is 0 Å². The first kappa shape index (κ1) is 28.5. The van der Waals surface area contributed by atoms with Gasteiger partial charge < -0.3 is 14.0 Å². The lowest BCUT2D eigenvalue weighted by Gasteiger charge is -2.31. The molecule has 1 aliphatic heterocycles. The predicted molar refractivity (Wildman–Crippen MR) is 165 cm³/mol. The summed E-state index contributed by atoms with van der Waals surface area (Å²) in [6.07, 6.45) is 4.84. The number of nitrogens with zero attached hydrogens (tertiary/aromatic N) is 2. The highest BCUT2D eigenvalue weighted by atomic mass is 32.2. The van der Waals surface area contributed by atoms with Gasteiger partial charge >= 0.3 is 0 Å². The van der Waals surface area contributed by atoms with Crippen LogP contribution < -0.4 is 9.62 Å². The second-order valence-corrected chi connectivity index (χ2v) is 12.5. The topological polar surface area (TPSA) is 69.0 Å². The van der Waals surface area contributed by atoms with Gasteiger partial charge in [-0.1, -0.05) is 46.6 Å². The zero-order chi connectivity index (χ0) is 28.2. The summed E-state index contributed by atoms with van der Waals surface area (Å²) in [7, 11) is 3.62. The first-order chi connectivity index (χ1) is 19.4. The number of halogens is 1. The predicted octanol–water partition coefficient (Wildman–Crippen LogP) is 6.74. The summed E-state index contributed by atoms with van der Waals surface area (Å²) in [4.78, 5) is 13.1. The highest BCUT2D eigenvalue weighted by molar-refractivity contribution is 7.99. The van der Waals surface area contributed by atoms with Crippen LogP contribution in [0.25, 0.3) is 22.3 Å². The number of piperidine rings is 1. The summed E-state index contributed by atoms with van der Waals surface area (Å²) in [6, 6.07) is 20.4. The van der Waals surface area contributed by atoms with Crippen molar-refractivity contribution >= 4 is 45.9 Å². The molecule has 0 bridgehead atoms. The molecular formula is C31H35FN3O3S2+. The van der Waals surface area contributed by atoms with Crippen LogP contribution in [0.5, 0.6) is 0 Å². The molecule has 0 saturated carbocycles. The minimum atomic E-state index is -0.832. The Bertz CT molecular complexity index is 1460. The molecular weight excluding hydrogens is 545 g/mol. The molecule has 0 spiro atoms. The van der Waals surface area contributed by atoms with Crippen LogP contribution in [0.4, 0.5) is 10.1 Å². The van der Waals surface area contributed by atoms with Crippen LogP contribution in [0.1, 0.15) is 40.2 Å². The van der Waals surface area contributed by atoms with Crippen LogP contribution in [0, 0.1) is 5.82 Å². The monoisotopic (exact) mass is 580 g/mol. The standard InChI is InChI=1S/C31H34FN3O3S2/c1-33-31(36)29-26-18-25(23-10-7-16-35(20-23)40(37)17-15-21-8-5-4-6-9-21)27(34(2)39-3)19-28(26)38-30(29)22-11-13-24(32)14-12-22/h4-6,8-9,11-14,18-19,23,37H,7,10,15-17,20H2,1-3H3/p+1/t23-,40?/m0/s1. The Morgan fingerprint density at radius 2 is 1.95 bits per heavy atom. The summed E-state index contributed by atoms with van der Waals surface area (Å²) in [5.74, 6) is 0.714. The molecule has 1 fully saturated rings.